The molecule has 0 radical (unpaired) electrons. The average molecular weight is 384 g/mol. The Morgan fingerprint density at radius 3 is 2.47 bits per heavy atom. The summed E-state index contributed by atoms with van der Waals surface area (Å²) in [5, 5.41) is 0. The number of aryl methyl sites for hydroxylation is 1. The standard InChI is InChI=1S/C16H16Br2O/c1-3-19-12-8-9-14(15(17)10-12)16(18)13-7-5-4-6-11(13)2/h4-10,16H,3H2,1-2H3. The van der Waals surface area contributed by atoms with Gasteiger partial charge in [0.15, 0.2) is 0 Å². The number of hydrogen-bond donors (Lipinski definition) is 0. The van der Waals surface area contributed by atoms with E-state index in [9.17, 15) is 0 Å². The fourth-order valence-electron chi connectivity index (χ4n) is 2.01. The fourth-order valence-corrected chi connectivity index (χ4v) is 3.82. The Labute approximate surface area is 131 Å². The predicted molar refractivity (Wildman–Crippen MR) is 87.3 cm³/mol. The molecule has 0 saturated heterocycles. The largest absolute Gasteiger partial charge is 0.494 e. The van der Waals surface area contributed by atoms with Gasteiger partial charge in [0, 0.05) is 4.47 Å². The monoisotopic (exact) mass is 382 g/mol. The van der Waals surface area contributed by atoms with Gasteiger partial charge in [-0.25, -0.2) is 0 Å². The zero-order valence-corrected chi connectivity index (χ0v) is 14.2. The molecule has 2 aromatic carbocycles. The van der Waals surface area contributed by atoms with Crippen LogP contribution in [-0.4, -0.2) is 6.61 Å². The van der Waals surface area contributed by atoms with Crippen molar-refractivity contribution in [1.29, 1.82) is 0 Å². The molecule has 0 amide bonds. The van der Waals surface area contributed by atoms with E-state index in [0.29, 0.717) is 6.61 Å². The molecule has 0 fully saturated rings. The third-order valence-electron chi connectivity index (χ3n) is 3.02. The summed E-state index contributed by atoms with van der Waals surface area (Å²) in [6.07, 6.45) is 0. The quantitative estimate of drug-likeness (QED) is 0.620. The lowest BCUT2D eigenvalue weighted by Crippen LogP contribution is -1.98. The van der Waals surface area contributed by atoms with Crippen LogP contribution in [-0.2, 0) is 0 Å². The molecule has 1 atom stereocenters. The first-order valence-corrected chi connectivity index (χ1v) is 7.96. The number of ether oxygens (including phenoxy) is 1. The van der Waals surface area contributed by atoms with Gasteiger partial charge in [0.1, 0.15) is 5.75 Å². The molecule has 2 rings (SSSR count). The summed E-state index contributed by atoms with van der Waals surface area (Å²) >= 11 is 7.42. The van der Waals surface area contributed by atoms with E-state index in [1.54, 1.807) is 0 Å². The van der Waals surface area contributed by atoms with Crippen molar-refractivity contribution in [2.45, 2.75) is 18.7 Å². The highest BCUT2D eigenvalue weighted by atomic mass is 79.9. The highest BCUT2D eigenvalue weighted by molar-refractivity contribution is 9.11. The number of benzene rings is 2. The smallest absolute Gasteiger partial charge is 0.120 e. The first-order valence-electron chi connectivity index (χ1n) is 6.25. The number of hydrogen-bond acceptors (Lipinski definition) is 1. The second kappa shape index (κ2) is 6.58. The summed E-state index contributed by atoms with van der Waals surface area (Å²) in [7, 11) is 0. The minimum absolute atomic E-state index is 0.179. The number of halogens is 2. The lowest BCUT2D eigenvalue weighted by atomic mass is 10.0. The second-order valence-corrected chi connectivity index (χ2v) is 6.11. The van der Waals surface area contributed by atoms with Gasteiger partial charge in [-0.3, -0.25) is 0 Å². The lowest BCUT2D eigenvalue weighted by molar-refractivity contribution is 0.340. The summed E-state index contributed by atoms with van der Waals surface area (Å²) in [5.41, 5.74) is 3.77. The number of rotatable bonds is 4. The Bertz CT molecular complexity index is 566. The van der Waals surface area contributed by atoms with Gasteiger partial charge in [-0.2, -0.15) is 0 Å². The van der Waals surface area contributed by atoms with Gasteiger partial charge in [-0.05, 0) is 42.7 Å². The average Bonchev–Trinajstić information content (AvgIpc) is 2.39. The molecule has 0 saturated carbocycles. The molecule has 2 aromatic rings. The van der Waals surface area contributed by atoms with Crippen LogP contribution in [0.3, 0.4) is 0 Å². The Morgan fingerprint density at radius 1 is 1.11 bits per heavy atom. The third kappa shape index (κ3) is 3.40. The minimum atomic E-state index is 0.179. The molecule has 19 heavy (non-hydrogen) atoms. The molecule has 0 aromatic heterocycles. The molecule has 0 N–H and O–H groups in total. The van der Waals surface area contributed by atoms with Crippen LogP contribution in [0.15, 0.2) is 46.9 Å². The zero-order chi connectivity index (χ0) is 13.8. The minimum Gasteiger partial charge on any atom is -0.494 e. The van der Waals surface area contributed by atoms with E-state index in [2.05, 4.69) is 69.1 Å². The van der Waals surface area contributed by atoms with Crippen LogP contribution in [0.5, 0.6) is 5.75 Å². The summed E-state index contributed by atoms with van der Waals surface area (Å²) in [6, 6.07) is 14.5. The van der Waals surface area contributed by atoms with E-state index >= 15 is 0 Å². The Morgan fingerprint density at radius 2 is 1.84 bits per heavy atom. The van der Waals surface area contributed by atoms with Crippen molar-refractivity contribution in [2.75, 3.05) is 6.61 Å². The van der Waals surface area contributed by atoms with Crippen molar-refractivity contribution >= 4 is 31.9 Å². The molecule has 0 spiro atoms. The van der Waals surface area contributed by atoms with Crippen LogP contribution in [0.4, 0.5) is 0 Å². The van der Waals surface area contributed by atoms with Gasteiger partial charge in [0.25, 0.3) is 0 Å². The molecule has 0 aliphatic carbocycles. The van der Waals surface area contributed by atoms with E-state index < -0.39 is 0 Å². The molecule has 1 nitrogen and oxygen atoms in total. The van der Waals surface area contributed by atoms with Crippen LogP contribution >= 0.6 is 31.9 Å². The molecular weight excluding hydrogens is 368 g/mol. The van der Waals surface area contributed by atoms with Crippen molar-refractivity contribution in [1.82, 2.24) is 0 Å². The number of alkyl halides is 1. The van der Waals surface area contributed by atoms with Gasteiger partial charge in [0.2, 0.25) is 0 Å². The van der Waals surface area contributed by atoms with Crippen molar-refractivity contribution in [3.63, 3.8) is 0 Å². The van der Waals surface area contributed by atoms with Crippen LogP contribution < -0.4 is 4.74 Å². The SMILES string of the molecule is CCOc1ccc(C(Br)c2ccccc2C)c(Br)c1. The first-order chi connectivity index (χ1) is 9.13. The van der Waals surface area contributed by atoms with E-state index in [4.69, 9.17) is 4.74 Å². The van der Waals surface area contributed by atoms with Crippen molar-refractivity contribution < 1.29 is 4.74 Å². The zero-order valence-electron chi connectivity index (χ0n) is 11.0. The maximum Gasteiger partial charge on any atom is 0.120 e. The first kappa shape index (κ1) is 14.6. The van der Waals surface area contributed by atoms with Crippen molar-refractivity contribution in [3.05, 3.63) is 63.6 Å². The molecule has 1 unspecified atom stereocenters. The maximum absolute atomic E-state index is 5.51. The van der Waals surface area contributed by atoms with E-state index in [1.165, 1.54) is 16.7 Å². The molecule has 0 bridgehead atoms. The van der Waals surface area contributed by atoms with Gasteiger partial charge in [-0.1, -0.05) is 62.2 Å². The Balaban J connectivity index is 2.34. The maximum atomic E-state index is 5.51. The summed E-state index contributed by atoms with van der Waals surface area (Å²) in [4.78, 5) is 0.179. The van der Waals surface area contributed by atoms with Crippen LogP contribution in [0, 0.1) is 6.92 Å². The van der Waals surface area contributed by atoms with E-state index in [0.717, 1.165) is 10.2 Å². The summed E-state index contributed by atoms with van der Waals surface area (Å²) in [5.74, 6) is 0.891. The van der Waals surface area contributed by atoms with Gasteiger partial charge in [0.05, 0.1) is 11.4 Å². The van der Waals surface area contributed by atoms with Crippen molar-refractivity contribution in [3.8, 4) is 5.75 Å². The molecule has 0 heterocycles. The Kier molecular flexibility index (Phi) is 5.06. The van der Waals surface area contributed by atoms with E-state index in [-0.39, 0.29) is 4.83 Å². The van der Waals surface area contributed by atoms with E-state index in [1.807, 2.05) is 19.1 Å². The summed E-state index contributed by atoms with van der Waals surface area (Å²) in [6.45, 7) is 4.80. The van der Waals surface area contributed by atoms with Crippen LogP contribution in [0.25, 0.3) is 0 Å². The molecule has 100 valence electrons. The van der Waals surface area contributed by atoms with Gasteiger partial charge in [-0.15, -0.1) is 0 Å². The highest BCUT2D eigenvalue weighted by Gasteiger charge is 2.15. The highest BCUT2D eigenvalue weighted by Crippen LogP contribution is 2.38. The second-order valence-electron chi connectivity index (χ2n) is 4.34. The van der Waals surface area contributed by atoms with Crippen molar-refractivity contribution in [2.24, 2.45) is 0 Å². The molecule has 0 aliphatic heterocycles. The fraction of sp³-hybridized carbons (Fsp3) is 0.250. The molecular formula is C16H16Br2O. The Hall–Kier alpha value is -0.800. The normalized spacial score (nSPS) is 12.2. The molecule has 3 heteroatoms. The lowest BCUT2D eigenvalue weighted by Gasteiger charge is -2.16. The topological polar surface area (TPSA) is 9.23 Å². The molecule has 0 aliphatic rings. The van der Waals surface area contributed by atoms with Crippen LogP contribution in [0.2, 0.25) is 0 Å². The van der Waals surface area contributed by atoms with Gasteiger partial charge < -0.3 is 4.74 Å². The predicted octanol–water partition coefficient (Wildman–Crippen LogP) is 5.64. The van der Waals surface area contributed by atoms with Crippen LogP contribution in [0.1, 0.15) is 28.4 Å². The van der Waals surface area contributed by atoms with Gasteiger partial charge >= 0.3 is 0 Å². The third-order valence-corrected chi connectivity index (χ3v) is 4.69. The summed E-state index contributed by atoms with van der Waals surface area (Å²) < 4.78 is 6.56.